The number of carbonyl (C=O) groups excluding carboxylic acids is 2. The molecule has 0 radical (unpaired) electrons. The predicted molar refractivity (Wildman–Crippen MR) is 106 cm³/mol. The van der Waals surface area contributed by atoms with Gasteiger partial charge in [-0.3, -0.25) is 4.79 Å². The molecule has 1 aromatic carbocycles. The highest BCUT2D eigenvalue weighted by Crippen LogP contribution is 2.32. The van der Waals surface area contributed by atoms with Crippen LogP contribution in [0.15, 0.2) is 29.8 Å². The van der Waals surface area contributed by atoms with E-state index in [4.69, 9.17) is 14.2 Å². The molecule has 7 nitrogen and oxygen atoms in total. The Balaban J connectivity index is 1.69. The third-order valence-corrected chi connectivity index (χ3v) is 4.73. The van der Waals surface area contributed by atoms with Gasteiger partial charge in [0.25, 0.3) is 0 Å². The van der Waals surface area contributed by atoms with Gasteiger partial charge < -0.3 is 18.8 Å². The highest BCUT2D eigenvalue weighted by Gasteiger charge is 2.19. The van der Waals surface area contributed by atoms with E-state index in [0.29, 0.717) is 17.1 Å². The number of nitriles is 1. The summed E-state index contributed by atoms with van der Waals surface area (Å²) in [6, 6.07) is 8.54. The minimum Gasteiger partial charge on any atom is -0.454 e. The first-order valence-corrected chi connectivity index (χ1v) is 9.33. The largest absolute Gasteiger partial charge is 0.454 e. The fourth-order valence-electron chi connectivity index (χ4n) is 3.20. The Hall–Kier alpha value is -3.53. The quantitative estimate of drug-likeness (QED) is 0.309. The summed E-state index contributed by atoms with van der Waals surface area (Å²) in [6.07, 6.45) is 2.48. The van der Waals surface area contributed by atoms with E-state index in [2.05, 4.69) is 11.5 Å². The van der Waals surface area contributed by atoms with Crippen molar-refractivity contribution in [1.29, 1.82) is 5.26 Å². The number of esters is 1. The van der Waals surface area contributed by atoms with E-state index in [1.54, 1.807) is 18.2 Å². The Labute approximate surface area is 169 Å². The summed E-state index contributed by atoms with van der Waals surface area (Å²) < 4.78 is 17.6. The van der Waals surface area contributed by atoms with E-state index in [1.165, 1.54) is 6.08 Å². The van der Waals surface area contributed by atoms with Crippen molar-refractivity contribution in [3.63, 3.8) is 0 Å². The minimum atomic E-state index is -0.832. The first-order valence-electron chi connectivity index (χ1n) is 9.33. The van der Waals surface area contributed by atoms with E-state index in [9.17, 15) is 14.9 Å². The molecular weight excluding hydrogens is 372 g/mol. The summed E-state index contributed by atoms with van der Waals surface area (Å²) in [5.41, 5.74) is 3.00. The van der Waals surface area contributed by atoms with Crippen LogP contribution in [0.5, 0.6) is 11.5 Å². The molecule has 3 rings (SSSR count). The lowest BCUT2D eigenvalue weighted by Gasteiger charge is -2.07. The van der Waals surface area contributed by atoms with E-state index >= 15 is 0 Å². The molecule has 0 fully saturated rings. The second-order valence-electron chi connectivity index (χ2n) is 6.72. The van der Waals surface area contributed by atoms with E-state index in [-0.39, 0.29) is 12.4 Å². The van der Waals surface area contributed by atoms with Crippen LogP contribution in [0.25, 0.3) is 6.08 Å². The number of benzene rings is 1. The molecule has 1 aliphatic heterocycles. The van der Waals surface area contributed by atoms with Crippen molar-refractivity contribution >= 4 is 17.8 Å². The van der Waals surface area contributed by atoms with Crippen LogP contribution in [0.1, 0.15) is 40.7 Å². The van der Waals surface area contributed by atoms with Crippen molar-refractivity contribution in [2.24, 2.45) is 0 Å². The number of aryl methyl sites for hydroxylation is 1. The molecular formula is C22H22N2O5. The van der Waals surface area contributed by atoms with Gasteiger partial charge in [0.1, 0.15) is 11.6 Å². The van der Waals surface area contributed by atoms with Crippen LogP contribution in [-0.4, -0.2) is 29.7 Å². The average molecular weight is 394 g/mol. The van der Waals surface area contributed by atoms with E-state index < -0.39 is 18.4 Å². The third-order valence-electron chi connectivity index (χ3n) is 4.73. The fourth-order valence-corrected chi connectivity index (χ4v) is 3.20. The van der Waals surface area contributed by atoms with Crippen molar-refractivity contribution < 1.29 is 23.8 Å². The standard InChI is InChI=1S/C22H22N2O5/c1-4-7-24-14(2)8-17(15(24)3)9-18(11-23)22(26)27-12-19(25)16-5-6-20-21(10-16)29-13-28-20/h5-6,8-10H,4,7,12-13H2,1-3H3/b18-9+. The van der Waals surface area contributed by atoms with Gasteiger partial charge in [-0.15, -0.1) is 0 Å². The van der Waals surface area contributed by atoms with Crippen LogP contribution >= 0.6 is 0 Å². The zero-order chi connectivity index (χ0) is 21.0. The van der Waals surface area contributed by atoms with Crippen molar-refractivity contribution in [1.82, 2.24) is 4.57 Å². The molecule has 0 unspecified atom stereocenters. The second kappa shape index (κ2) is 8.65. The summed E-state index contributed by atoms with van der Waals surface area (Å²) in [5.74, 6) is -0.187. The van der Waals surface area contributed by atoms with Gasteiger partial charge in [0.15, 0.2) is 23.9 Å². The van der Waals surface area contributed by atoms with Crippen molar-refractivity contribution in [2.75, 3.05) is 13.4 Å². The van der Waals surface area contributed by atoms with Gasteiger partial charge in [-0.1, -0.05) is 6.92 Å². The summed E-state index contributed by atoms with van der Waals surface area (Å²) in [7, 11) is 0. The molecule has 1 aliphatic rings. The Morgan fingerprint density at radius 1 is 1.24 bits per heavy atom. The highest BCUT2D eigenvalue weighted by molar-refractivity contribution is 6.02. The lowest BCUT2D eigenvalue weighted by molar-refractivity contribution is -0.137. The first kappa shape index (κ1) is 20.2. The highest BCUT2D eigenvalue weighted by atomic mass is 16.7. The van der Waals surface area contributed by atoms with E-state index in [1.807, 2.05) is 26.0 Å². The van der Waals surface area contributed by atoms with Gasteiger partial charge in [0.2, 0.25) is 6.79 Å². The first-order chi connectivity index (χ1) is 13.9. The Kier molecular flexibility index (Phi) is 6.03. The number of rotatable bonds is 7. The molecule has 0 bridgehead atoms. The molecule has 0 atom stereocenters. The molecule has 0 amide bonds. The van der Waals surface area contributed by atoms with Crippen LogP contribution in [0.3, 0.4) is 0 Å². The summed E-state index contributed by atoms with van der Waals surface area (Å²) in [4.78, 5) is 24.6. The van der Waals surface area contributed by atoms with Gasteiger partial charge in [-0.05, 0) is 56.2 Å². The fraction of sp³-hybridized carbons (Fsp3) is 0.318. The normalized spacial score (nSPS) is 12.6. The summed E-state index contributed by atoms with van der Waals surface area (Å²) in [5, 5.41) is 9.37. The summed E-state index contributed by atoms with van der Waals surface area (Å²) in [6.45, 7) is 6.52. The van der Waals surface area contributed by atoms with Crippen LogP contribution < -0.4 is 9.47 Å². The maximum absolute atomic E-state index is 12.3. The molecule has 29 heavy (non-hydrogen) atoms. The third kappa shape index (κ3) is 4.32. The molecule has 2 heterocycles. The Morgan fingerprint density at radius 2 is 2.00 bits per heavy atom. The average Bonchev–Trinajstić information content (AvgIpc) is 3.29. The number of hydrogen-bond acceptors (Lipinski definition) is 6. The van der Waals surface area contributed by atoms with Gasteiger partial charge in [-0.25, -0.2) is 4.79 Å². The topological polar surface area (TPSA) is 90.6 Å². The monoisotopic (exact) mass is 394 g/mol. The number of aromatic nitrogens is 1. The number of Topliss-reactive ketones (excluding diaryl/α,β-unsaturated/α-hetero) is 1. The molecule has 0 saturated heterocycles. The van der Waals surface area contributed by atoms with Crippen LogP contribution in [0.2, 0.25) is 0 Å². The number of nitrogens with zero attached hydrogens (tertiary/aromatic N) is 2. The molecule has 7 heteroatoms. The van der Waals surface area contributed by atoms with E-state index in [0.717, 1.165) is 29.9 Å². The predicted octanol–water partition coefficient (Wildman–Crippen LogP) is 3.58. The molecule has 0 aliphatic carbocycles. The minimum absolute atomic E-state index is 0.108. The lowest BCUT2D eigenvalue weighted by Crippen LogP contribution is -2.15. The van der Waals surface area contributed by atoms with Crippen molar-refractivity contribution in [3.05, 3.63) is 52.4 Å². The molecule has 150 valence electrons. The van der Waals surface area contributed by atoms with Crippen molar-refractivity contribution in [3.8, 4) is 17.6 Å². The zero-order valence-corrected chi connectivity index (χ0v) is 16.7. The maximum atomic E-state index is 12.3. The molecule has 2 aromatic rings. The smallest absolute Gasteiger partial charge is 0.349 e. The maximum Gasteiger partial charge on any atom is 0.349 e. The van der Waals surface area contributed by atoms with Gasteiger partial charge in [0, 0.05) is 23.5 Å². The lowest BCUT2D eigenvalue weighted by atomic mass is 10.1. The number of carbonyl (C=O) groups is 2. The SMILES string of the molecule is CCCn1c(C)cc(/C=C(\C#N)C(=O)OCC(=O)c2ccc3c(c2)OCO3)c1C. The van der Waals surface area contributed by atoms with Crippen LogP contribution in [0, 0.1) is 25.2 Å². The van der Waals surface area contributed by atoms with Gasteiger partial charge in [-0.2, -0.15) is 5.26 Å². The number of ether oxygens (including phenoxy) is 3. The molecule has 1 aromatic heterocycles. The van der Waals surface area contributed by atoms with Crippen molar-refractivity contribution in [2.45, 2.75) is 33.7 Å². The molecule has 0 saturated carbocycles. The van der Waals surface area contributed by atoms with Gasteiger partial charge >= 0.3 is 5.97 Å². The van der Waals surface area contributed by atoms with Gasteiger partial charge in [0.05, 0.1) is 0 Å². The zero-order valence-electron chi connectivity index (χ0n) is 16.7. The molecule has 0 N–H and O–H groups in total. The number of ketones is 1. The second-order valence-corrected chi connectivity index (χ2v) is 6.72. The number of hydrogen-bond donors (Lipinski definition) is 0. The Bertz CT molecular complexity index is 1030. The van der Waals surface area contributed by atoms with Crippen LogP contribution in [-0.2, 0) is 16.1 Å². The Morgan fingerprint density at radius 3 is 2.72 bits per heavy atom. The number of fused-ring (bicyclic) bond motifs is 1. The summed E-state index contributed by atoms with van der Waals surface area (Å²) >= 11 is 0. The molecule has 0 spiro atoms. The van der Waals surface area contributed by atoms with Crippen LogP contribution in [0.4, 0.5) is 0 Å².